The summed E-state index contributed by atoms with van der Waals surface area (Å²) >= 11 is 1.56. The quantitative estimate of drug-likeness (QED) is 0.894. The molecule has 0 saturated heterocycles. The van der Waals surface area contributed by atoms with E-state index in [4.69, 9.17) is 0 Å². The third kappa shape index (κ3) is 2.57. The molecule has 124 valence electrons. The predicted octanol–water partition coefficient (Wildman–Crippen LogP) is 2.87. The van der Waals surface area contributed by atoms with Gasteiger partial charge in [0.1, 0.15) is 0 Å². The Hall–Kier alpha value is -1.99. The fraction of sp³-hybridized carbons (Fsp3) is 0.235. The smallest absolute Gasteiger partial charge is 0.264 e. The van der Waals surface area contributed by atoms with Crippen molar-refractivity contribution in [3.05, 3.63) is 48.0 Å². The highest BCUT2D eigenvalue weighted by Crippen LogP contribution is 2.36. The Morgan fingerprint density at radius 3 is 2.79 bits per heavy atom. The number of hydrogen-bond acceptors (Lipinski definition) is 4. The Kier molecular flexibility index (Phi) is 3.77. The summed E-state index contributed by atoms with van der Waals surface area (Å²) in [5.74, 6) is 0.618. The minimum atomic E-state index is -3.64. The second kappa shape index (κ2) is 5.82. The van der Waals surface area contributed by atoms with Crippen molar-refractivity contribution in [3.8, 4) is 0 Å². The molecule has 0 bridgehead atoms. The predicted molar refractivity (Wildman–Crippen MR) is 95.1 cm³/mol. The number of nitrogens with one attached hydrogen (secondary N) is 1. The van der Waals surface area contributed by atoms with Gasteiger partial charge < -0.3 is 5.32 Å². The van der Waals surface area contributed by atoms with Crippen molar-refractivity contribution in [1.29, 1.82) is 0 Å². The molecule has 0 radical (unpaired) electrons. The molecule has 2 aromatic rings. The van der Waals surface area contributed by atoms with E-state index in [1.165, 1.54) is 4.31 Å². The maximum absolute atomic E-state index is 13.1. The molecule has 24 heavy (non-hydrogen) atoms. The molecule has 7 heteroatoms. The first kappa shape index (κ1) is 15.5. The van der Waals surface area contributed by atoms with Crippen molar-refractivity contribution < 1.29 is 13.2 Å². The molecule has 0 aliphatic carbocycles. The summed E-state index contributed by atoms with van der Waals surface area (Å²) in [4.78, 5) is 12.9. The number of sulfonamides is 1. The summed E-state index contributed by atoms with van der Waals surface area (Å²) in [6.45, 7) is 0.444. The third-order valence-electron chi connectivity index (χ3n) is 4.24. The number of carbonyl (C=O) groups is 1. The van der Waals surface area contributed by atoms with E-state index < -0.39 is 10.0 Å². The Labute approximate surface area is 145 Å². The van der Waals surface area contributed by atoms with Gasteiger partial charge in [0.2, 0.25) is 5.91 Å². The van der Waals surface area contributed by atoms with Crippen LogP contribution in [-0.2, 0) is 21.2 Å². The fourth-order valence-electron chi connectivity index (χ4n) is 3.04. The minimum Gasteiger partial charge on any atom is -0.325 e. The highest BCUT2D eigenvalue weighted by Gasteiger charge is 2.31. The van der Waals surface area contributed by atoms with Crippen molar-refractivity contribution in [2.75, 3.05) is 21.9 Å². The number of rotatable bonds is 2. The zero-order valence-electron chi connectivity index (χ0n) is 12.9. The number of amides is 1. The van der Waals surface area contributed by atoms with Crippen LogP contribution in [0.2, 0.25) is 0 Å². The molecular weight excluding hydrogens is 344 g/mol. The maximum atomic E-state index is 13.1. The van der Waals surface area contributed by atoms with Gasteiger partial charge in [0, 0.05) is 23.6 Å². The van der Waals surface area contributed by atoms with E-state index in [0.717, 1.165) is 16.1 Å². The molecule has 4 rings (SSSR count). The summed E-state index contributed by atoms with van der Waals surface area (Å²) in [5.41, 5.74) is 2.36. The highest BCUT2D eigenvalue weighted by atomic mass is 32.2. The van der Waals surface area contributed by atoms with Gasteiger partial charge in [-0.15, -0.1) is 11.8 Å². The molecule has 1 N–H and O–H groups in total. The molecule has 0 unspecified atom stereocenters. The summed E-state index contributed by atoms with van der Waals surface area (Å²) in [5, 5.41) is 2.80. The Morgan fingerprint density at radius 2 is 1.92 bits per heavy atom. The lowest BCUT2D eigenvalue weighted by atomic mass is 10.2. The molecule has 2 aliphatic heterocycles. The van der Waals surface area contributed by atoms with Gasteiger partial charge in [-0.1, -0.05) is 18.2 Å². The zero-order chi connectivity index (χ0) is 16.7. The van der Waals surface area contributed by atoms with Gasteiger partial charge in [0.05, 0.1) is 16.3 Å². The van der Waals surface area contributed by atoms with Gasteiger partial charge >= 0.3 is 0 Å². The molecule has 5 nitrogen and oxygen atoms in total. The second-order valence-corrected chi connectivity index (χ2v) is 8.76. The first-order valence-corrected chi connectivity index (χ1v) is 10.2. The number of nitrogens with zero attached hydrogens (tertiary/aromatic N) is 1. The molecule has 0 aromatic heterocycles. The van der Waals surface area contributed by atoms with Crippen molar-refractivity contribution in [2.45, 2.75) is 22.6 Å². The third-order valence-corrected chi connectivity index (χ3v) is 7.13. The Morgan fingerprint density at radius 1 is 1.08 bits per heavy atom. The number of anilines is 2. The van der Waals surface area contributed by atoms with Crippen molar-refractivity contribution in [1.82, 2.24) is 0 Å². The van der Waals surface area contributed by atoms with E-state index in [-0.39, 0.29) is 10.8 Å². The SMILES string of the molecule is O=C1CCSc2ccc(S(=O)(=O)N3CCc4ccccc43)cc2N1. The number of para-hydroxylation sites is 1. The van der Waals surface area contributed by atoms with E-state index in [2.05, 4.69) is 5.32 Å². The van der Waals surface area contributed by atoms with E-state index in [1.54, 1.807) is 30.0 Å². The Bertz CT molecular complexity index is 925. The van der Waals surface area contributed by atoms with Gasteiger partial charge in [-0.2, -0.15) is 0 Å². The van der Waals surface area contributed by atoms with Crippen LogP contribution in [0.4, 0.5) is 11.4 Å². The van der Waals surface area contributed by atoms with Crippen LogP contribution in [0.3, 0.4) is 0 Å². The summed E-state index contributed by atoms with van der Waals surface area (Å²) in [6, 6.07) is 12.5. The number of benzene rings is 2. The van der Waals surface area contributed by atoms with Gasteiger partial charge in [0.15, 0.2) is 0 Å². The molecule has 1 amide bonds. The zero-order valence-corrected chi connectivity index (χ0v) is 14.5. The van der Waals surface area contributed by atoms with Crippen LogP contribution in [0.5, 0.6) is 0 Å². The first-order chi connectivity index (χ1) is 11.6. The topological polar surface area (TPSA) is 66.5 Å². The van der Waals surface area contributed by atoms with Crippen LogP contribution in [0.25, 0.3) is 0 Å². The molecular formula is C17H16N2O3S2. The van der Waals surface area contributed by atoms with Gasteiger partial charge in [-0.3, -0.25) is 9.10 Å². The van der Waals surface area contributed by atoms with Crippen LogP contribution < -0.4 is 9.62 Å². The van der Waals surface area contributed by atoms with Crippen LogP contribution in [-0.4, -0.2) is 26.6 Å². The molecule has 0 saturated carbocycles. The van der Waals surface area contributed by atoms with Crippen molar-refractivity contribution in [2.24, 2.45) is 0 Å². The monoisotopic (exact) mass is 360 g/mol. The molecule has 2 aliphatic rings. The average Bonchev–Trinajstić information content (AvgIpc) is 2.91. The lowest BCUT2D eigenvalue weighted by molar-refractivity contribution is -0.115. The summed E-state index contributed by atoms with van der Waals surface area (Å²) in [7, 11) is -3.64. The average molecular weight is 360 g/mol. The summed E-state index contributed by atoms with van der Waals surface area (Å²) in [6.07, 6.45) is 1.15. The van der Waals surface area contributed by atoms with E-state index >= 15 is 0 Å². The van der Waals surface area contributed by atoms with E-state index in [1.807, 2.05) is 24.3 Å². The summed E-state index contributed by atoms with van der Waals surface area (Å²) < 4.78 is 27.6. The van der Waals surface area contributed by atoms with Crippen molar-refractivity contribution in [3.63, 3.8) is 0 Å². The van der Waals surface area contributed by atoms with E-state index in [0.29, 0.717) is 30.8 Å². The highest BCUT2D eigenvalue weighted by molar-refractivity contribution is 7.99. The fourth-order valence-corrected chi connectivity index (χ4v) is 5.51. The minimum absolute atomic E-state index is 0.0812. The van der Waals surface area contributed by atoms with Crippen molar-refractivity contribution >= 4 is 39.1 Å². The number of thioether (sulfide) groups is 1. The lowest BCUT2D eigenvalue weighted by Gasteiger charge is -2.20. The van der Waals surface area contributed by atoms with Crippen LogP contribution >= 0.6 is 11.8 Å². The lowest BCUT2D eigenvalue weighted by Crippen LogP contribution is -2.29. The molecule has 0 fully saturated rings. The molecule has 0 spiro atoms. The number of fused-ring (bicyclic) bond motifs is 2. The normalized spacial score (nSPS) is 17.0. The maximum Gasteiger partial charge on any atom is 0.264 e. The van der Waals surface area contributed by atoms with Crippen LogP contribution in [0.1, 0.15) is 12.0 Å². The second-order valence-electron chi connectivity index (χ2n) is 5.76. The molecule has 0 atom stereocenters. The van der Waals surface area contributed by atoms with Gasteiger partial charge in [-0.25, -0.2) is 8.42 Å². The van der Waals surface area contributed by atoms with Gasteiger partial charge in [-0.05, 0) is 36.2 Å². The van der Waals surface area contributed by atoms with Crippen LogP contribution in [0.15, 0.2) is 52.3 Å². The largest absolute Gasteiger partial charge is 0.325 e. The van der Waals surface area contributed by atoms with E-state index in [9.17, 15) is 13.2 Å². The Balaban J connectivity index is 1.75. The van der Waals surface area contributed by atoms with Crippen LogP contribution in [0, 0.1) is 0 Å². The van der Waals surface area contributed by atoms with Gasteiger partial charge in [0.25, 0.3) is 10.0 Å². The molecule has 2 aromatic carbocycles. The molecule has 2 heterocycles. The first-order valence-electron chi connectivity index (χ1n) is 7.73. The number of carbonyl (C=O) groups excluding carboxylic acids is 1. The number of hydrogen-bond donors (Lipinski definition) is 1. The standard InChI is InChI=1S/C17H16N2O3S2/c20-17-8-10-23-16-6-5-13(11-14(16)18-17)24(21,22)19-9-7-12-3-1-2-4-15(12)19/h1-6,11H,7-10H2,(H,18,20).